The average Bonchev–Trinajstić information content (AvgIpc) is 3.48. The van der Waals surface area contributed by atoms with E-state index in [1.807, 2.05) is 23.3 Å². The number of benzene rings is 2. The van der Waals surface area contributed by atoms with Crippen LogP contribution >= 0.6 is 0 Å². The zero-order valence-corrected chi connectivity index (χ0v) is 28.7. The van der Waals surface area contributed by atoms with Gasteiger partial charge in [-0.1, -0.05) is 37.1 Å². The fourth-order valence-corrected chi connectivity index (χ4v) is 13.2. The second-order valence-corrected chi connectivity index (χ2v) is 18.1. The van der Waals surface area contributed by atoms with Gasteiger partial charge in [0.05, 0.1) is 0 Å². The molecule has 2 fully saturated rings. The van der Waals surface area contributed by atoms with Gasteiger partial charge in [0.2, 0.25) is 0 Å². The van der Waals surface area contributed by atoms with Gasteiger partial charge in [-0.2, -0.15) is 12.1 Å². The van der Waals surface area contributed by atoms with Gasteiger partial charge in [-0.15, -0.1) is 69.1 Å². The molecule has 0 heterocycles. The molecule has 38 heavy (non-hydrogen) atoms. The molecular weight excluding hydrogens is 599 g/mol. The van der Waals surface area contributed by atoms with Gasteiger partial charge in [0, 0.05) is 0 Å². The van der Waals surface area contributed by atoms with Crippen LogP contribution in [0.1, 0.15) is 86.5 Å². The van der Waals surface area contributed by atoms with Crippen LogP contribution in [-0.2, 0) is 23.3 Å². The number of halogens is 2. The molecule has 0 unspecified atom stereocenters. The van der Waals surface area contributed by atoms with Crippen LogP contribution in [0.4, 0.5) is 0 Å². The Morgan fingerprint density at radius 1 is 0.605 bits per heavy atom. The summed E-state index contributed by atoms with van der Waals surface area (Å²) in [5, 5.41) is 5.51. The van der Waals surface area contributed by atoms with Crippen LogP contribution in [0, 0.1) is 27.7 Å². The average molecular weight is 643 g/mol. The van der Waals surface area contributed by atoms with E-state index in [1.165, 1.54) is 67.7 Å². The van der Waals surface area contributed by atoms with E-state index >= 15 is 0 Å². The van der Waals surface area contributed by atoms with Gasteiger partial charge in [-0.25, -0.2) is 0 Å². The molecule has 4 heteroatoms. The summed E-state index contributed by atoms with van der Waals surface area (Å²) in [5.74, 6) is 0. The van der Waals surface area contributed by atoms with Crippen LogP contribution in [0.2, 0.25) is 11.1 Å². The van der Waals surface area contributed by atoms with E-state index in [4.69, 9.17) is 0 Å². The maximum atomic E-state index is 2.24. The predicted molar refractivity (Wildman–Crippen MR) is 157 cm³/mol. The fraction of sp³-hybridized carbons (Fsp3) is 0.471. The molecule has 0 spiro atoms. The van der Waals surface area contributed by atoms with Crippen molar-refractivity contribution in [1.82, 2.24) is 0 Å². The first-order valence-electron chi connectivity index (χ1n) is 14.3. The Hall–Kier alpha value is -0.660. The first kappa shape index (κ1) is 33.5. The van der Waals surface area contributed by atoms with Gasteiger partial charge in [0.25, 0.3) is 0 Å². The molecule has 0 atom stereocenters. The first-order chi connectivity index (χ1) is 17.4. The van der Waals surface area contributed by atoms with E-state index < -0.39 is 0 Å². The molecule has 6 rings (SSSR count). The molecule has 0 saturated heterocycles. The zero-order valence-electron chi connectivity index (χ0n) is 23.8. The summed E-state index contributed by atoms with van der Waals surface area (Å²) in [7, 11) is 0. The van der Waals surface area contributed by atoms with Gasteiger partial charge in [0.15, 0.2) is 0 Å². The molecule has 0 bridgehead atoms. The summed E-state index contributed by atoms with van der Waals surface area (Å²) in [4.78, 5) is 0. The fourth-order valence-electron chi connectivity index (χ4n) is 6.24. The Labute approximate surface area is 259 Å². The molecule has 0 nitrogen and oxygen atoms in total. The van der Waals surface area contributed by atoms with Crippen molar-refractivity contribution >= 4 is 27.0 Å². The van der Waals surface area contributed by atoms with E-state index in [0.717, 1.165) is 0 Å². The van der Waals surface area contributed by atoms with E-state index in [9.17, 15) is 0 Å². The third kappa shape index (κ3) is 9.19. The second kappa shape index (κ2) is 16.6. The SMILES string of the molecule is Cc1cc2c(C)cccc2[cH-]1.Cc1cc2c(C)cccc2[cH-]1.[Cl-].[Cl-].[Zr+2]=[Si](C1CCCCC1)C1CCCCC1. The van der Waals surface area contributed by atoms with Crippen LogP contribution in [0.25, 0.3) is 21.5 Å². The van der Waals surface area contributed by atoms with Gasteiger partial charge in [-0.3, -0.25) is 0 Å². The Balaban J connectivity index is 0.000000197. The molecule has 4 aromatic carbocycles. The van der Waals surface area contributed by atoms with Crippen LogP contribution in [0.5, 0.6) is 0 Å². The molecule has 2 aliphatic carbocycles. The Morgan fingerprint density at radius 3 is 1.32 bits per heavy atom. The molecule has 0 aliphatic heterocycles. The quantitative estimate of drug-likeness (QED) is 0.223. The van der Waals surface area contributed by atoms with Gasteiger partial charge >= 0.3 is 104 Å². The number of hydrogen-bond acceptors (Lipinski definition) is 0. The van der Waals surface area contributed by atoms with E-state index in [1.54, 1.807) is 51.4 Å². The third-order valence-corrected chi connectivity index (χ3v) is 17.3. The monoisotopic (exact) mass is 640 g/mol. The Kier molecular flexibility index (Phi) is 14.6. The van der Waals surface area contributed by atoms with Crippen molar-refractivity contribution in [2.24, 2.45) is 0 Å². The molecular formula is C34H44Cl2SiZr-2. The van der Waals surface area contributed by atoms with Crippen molar-refractivity contribution in [2.75, 3.05) is 0 Å². The van der Waals surface area contributed by atoms with Crippen LogP contribution in [0.3, 0.4) is 0 Å². The number of hydrogen-bond donors (Lipinski definition) is 0. The summed E-state index contributed by atoms with van der Waals surface area (Å²) < 4.78 is 0. The molecule has 4 aromatic rings. The summed E-state index contributed by atoms with van der Waals surface area (Å²) in [6.45, 7) is 8.59. The minimum absolute atomic E-state index is 0. The second-order valence-electron chi connectivity index (χ2n) is 11.3. The standard InChI is InChI=1S/C12H22Si.2C11H11.2ClH.Zr/c1-3-7-11(8-4-1)13-12-9-5-2-6-10-12;2*1-8-6-10-5-3-4-9(2)11(10)7-8;;;/h11-12H,1-10H2;2*3-7H,1-2H3;2*1H;/q;2*-1;;;+2/p-2. The first-order valence-corrected chi connectivity index (χ1v) is 19.6. The van der Waals surface area contributed by atoms with E-state index in [-0.39, 0.29) is 30.2 Å². The number of fused-ring (bicyclic) bond motifs is 2. The zero-order chi connectivity index (χ0) is 25.5. The summed E-state index contributed by atoms with van der Waals surface area (Å²) in [6.07, 6.45) is 15.7. The van der Waals surface area contributed by atoms with Crippen molar-refractivity contribution in [3.63, 3.8) is 0 Å². The minimum atomic E-state index is 0. The number of aryl methyl sites for hydroxylation is 4. The summed E-state index contributed by atoms with van der Waals surface area (Å²) in [6, 6.07) is 21.8. The van der Waals surface area contributed by atoms with Crippen molar-refractivity contribution in [3.8, 4) is 0 Å². The van der Waals surface area contributed by atoms with Crippen LogP contribution in [-0.4, -0.2) is 5.43 Å². The van der Waals surface area contributed by atoms with Gasteiger partial charge < -0.3 is 24.8 Å². The predicted octanol–water partition coefficient (Wildman–Crippen LogP) is 4.55. The van der Waals surface area contributed by atoms with E-state index in [0.29, 0.717) is 0 Å². The van der Waals surface area contributed by atoms with Crippen LogP contribution < -0.4 is 24.8 Å². The van der Waals surface area contributed by atoms with Crippen molar-refractivity contribution in [3.05, 3.63) is 82.9 Å². The normalized spacial score (nSPS) is 15.9. The molecule has 2 saturated carbocycles. The van der Waals surface area contributed by atoms with Crippen LogP contribution in [0.15, 0.2) is 60.7 Å². The van der Waals surface area contributed by atoms with Gasteiger partial charge in [0.1, 0.15) is 0 Å². The molecule has 0 aromatic heterocycles. The Bertz CT molecular complexity index is 1170. The van der Waals surface area contributed by atoms with Crippen molar-refractivity contribution in [2.45, 2.75) is 103 Å². The van der Waals surface area contributed by atoms with Crippen molar-refractivity contribution < 1.29 is 48.1 Å². The van der Waals surface area contributed by atoms with E-state index in [2.05, 4.69) is 88.4 Å². The third-order valence-electron chi connectivity index (χ3n) is 8.32. The van der Waals surface area contributed by atoms with Gasteiger partial charge in [-0.05, 0) is 13.8 Å². The molecule has 0 N–H and O–H groups in total. The summed E-state index contributed by atoms with van der Waals surface area (Å²) >= 11 is 1.95. The topological polar surface area (TPSA) is 0 Å². The Morgan fingerprint density at radius 2 is 0.974 bits per heavy atom. The molecule has 2 aliphatic rings. The molecule has 0 amide bonds. The maximum absolute atomic E-state index is 2.24. The summed E-state index contributed by atoms with van der Waals surface area (Å²) in [5.41, 5.74) is 8.02. The number of rotatable bonds is 2. The molecule has 204 valence electrons. The van der Waals surface area contributed by atoms with Crippen molar-refractivity contribution in [1.29, 1.82) is 0 Å². The molecule has 0 radical (unpaired) electrons.